The van der Waals surface area contributed by atoms with E-state index < -0.39 is 0 Å². The maximum absolute atomic E-state index is 12.4. The molecule has 0 spiro atoms. The van der Waals surface area contributed by atoms with Crippen molar-refractivity contribution in [1.29, 1.82) is 0 Å². The van der Waals surface area contributed by atoms with Crippen molar-refractivity contribution < 1.29 is 14.3 Å². The van der Waals surface area contributed by atoms with Gasteiger partial charge < -0.3 is 19.9 Å². The first-order valence-electron chi connectivity index (χ1n) is 9.01. The lowest BCUT2D eigenvalue weighted by atomic mass is 10.0. The van der Waals surface area contributed by atoms with Gasteiger partial charge in [-0.05, 0) is 39.7 Å². The summed E-state index contributed by atoms with van der Waals surface area (Å²) in [7, 11) is 0. The van der Waals surface area contributed by atoms with Gasteiger partial charge in [0.2, 0.25) is 0 Å². The minimum Gasteiger partial charge on any atom is -0.450 e. The van der Waals surface area contributed by atoms with Crippen LogP contribution in [0.2, 0.25) is 0 Å². The van der Waals surface area contributed by atoms with Crippen LogP contribution in [0.25, 0.3) is 0 Å². The second-order valence-electron chi connectivity index (χ2n) is 6.04. The molecular formula is C18H28N4O3. The first kappa shape index (κ1) is 19.0. The van der Waals surface area contributed by atoms with Gasteiger partial charge in [-0.1, -0.05) is 0 Å². The number of rotatable bonds is 6. The third kappa shape index (κ3) is 5.08. The van der Waals surface area contributed by atoms with Crippen LogP contribution < -0.4 is 5.32 Å². The zero-order valence-electron chi connectivity index (χ0n) is 15.3. The van der Waals surface area contributed by atoms with E-state index in [9.17, 15) is 9.59 Å². The van der Waals surface area contributed by atoms with Crippen molar-refractivity contribution in [2.45, 2.75) is 39.7 Å². The van der Waals surface area contributed by atoms with Crippen molar-refractivity contribution in [3.8, 4) is 0 Å². The van der Waals surface area contributed by atoms with Crippen LogP contribution in [-0.2, 0) is 4.74 Å². The fourth-order valence-corrected chi connectivity index (χ4v) is 2.99. The molecule has 1 aromatic heterocycles. The van der Waals surface area contributed by atoms with Crippen LogP contribution in [0.15, 0.2) is 18.5 Å². The molecule has 2 amide bonds. The molecule has 138 valence electrons. The van der Waals surface area contributed by atoms with Gasteiger partial charge in [-0.2, -0.15) is 0 Å². The lowest BCUT2D eigenvalue weighted by Crippen LogP contribution is -2.42. The summed E-state index contributed by atoms with van der Waals surface area (Å²) in [5, 5.41) is 3.43. The molecule has 1 aromatic rings. The molecule has 0 aliphatic carbocycles. The molecule has 1 saturated heterocycles. The standard InChI is InChI=1S/C18H28N4O3/c1-4-21(5-2)17(23)14-11-16(13-19-12-14)20-15-7-9-22(10-8-15)18(24)25-6-3/h11-13,15,20H,4-10H2,1-3H3. The predicted molar refractivity (Wildman–Crippen MR) is 96.7 cm³/mol. The number of carbonyl (C=O) groups excluding carboxylic acids is 2. The lowest BCUT2D eigenvalue weighted by molar-refractivity contribution is 0.0772. The Bertz CT molecular complexity index is 581. The van der Waals surface area contributed by atoms with Gasteiger partial charge in [-0.3, -0.25) is 9.78 Å². The Kier molecular flexibility index (Phi) is 7.03. The largest absolute Gasteiger partial charge is 0.450 e. The summed E-state index contributed by atoms with van der Waals surface area (Å²) in [5.41, 5.74) is 1.44. The number of anilines is 1. The Morgan fingerprint density at radius 1 is 1.24 bits per heavy atom. The second-order valence-corrected chi connectivity index (χ2v) is 6.04. The van der Waals surface area contributed by atoms with Crippen molar-refractivity contribution >= 4 is 17.7 Å². The Morgan fingerprint density at radius 3 is 2.52 bits per heavy atom. The lowest BCUT2D eigenvalue weighted by Gasteiger charge is -2.32. The third-order valence-electron chi connectivity index (χ3n) is 4.43. The summed E-state index contributed by atoms with van der Waals surface area (Å²) < 4.78 is 5.04. The molecule has 25 heavy (non-hydrogen) atoms. The highest BCUT2D eigenvalue weighted by Crippen LogP contribution is 2.18. The van der Waals surface area contributed by atoms with Crippen LogP contribution in [0.1, 0.15) is 44.0 Å². The molecule has 1 fully saturated rings. The highest BCUT2D eigenvalue weighted by Gasteiger charge is 2.23. The van der Waals surface area contributed by atoms with E-state index in [1.807, 2.05) is 26.8 Å². The molecule has 7 nitrogen and oxygen atoms in total. The molecule has 2 rings (SSSR count). The number of likely N-dealkylation sites (tertiary alicyclic amines) is 1. The smallest absolute Gasteiger partial charge is 0.409 e. The van der Waals surface area contributed by atoms with E-state index >= 15 is 0 Å². The number of nitrogens with zero attached hydrogens (tertiary/aromatic N) is 3. The van der Waals surface area contributed by atoms with Crippen molar-refractivity contribution in [1.82, 2.24) is 14.8 Å². The van der Waals surface area contributed by atoms with Crippen LogP contribution in [0.4, 0.5) is 10.5 Å². The summed E-state index contributed by atoms with van der Waals surface area (Å²) in [6, 6.07) is 2.11. The average molecular weight is 348 g/mol. The SMILES string of the molecule is CCOC(=O)N1CCC(Nc2cncc(C(=O)N(CC)CC)c2)CC1. The second kappa shape index (κ2) is 9.25. The molecule has 7 heteroatoms. The van der Waals surface area contributed by atoms with Crippen molar-refractivity contribution in [3.05, 3.63) is 24.0 Å². The van der Waals surface area contributed by atoms with Crippen LogP contribution >= 0.6 is 0 Å². The molecule has 1 N–H and O–H groups in total. The summed E-state index contributed by atoms with van der Waals surface area (Å²) in [4.78, 5) is 31.9. The Morgan fingerprint density at radius 2 is 1.92 bits per heavy atom. The maximum atomic E-state index is 12.4. The van der Waals surface area contributed by atoms with E-state index in [4.69, 9.17) is 4.74 Å². The Balaban J connectivity index is 1.93. The number of hydrogen-bond acceptors (Lipinski definition) is 5. The number of amides is 2. The zero-order valence-corrected chi connectivity index (χ0v) is 15.3. The fourth-order valence-electron chi connectivity index (χ4n) is 2.99. The van der Waals surface area contributed by atoms with E-state index in [1.54, 1.807) is 22.2 Å². The van der Waals surface area contributed by atoms with Crippen LogP contribution in [-0.4, -0.2) is 65.6 Å². The number of pyridine rings is 1. The first-order valence-corrected chi connectivity index (χ1v) is 9.01. The van der Waals surface area contributed by atoms with Gasteiger partial charge in [0.15, 0.2) is 0 Å². The molecule has 0 unspecified atom stereocenters. The van der Waals surface area contributed by atoms with E-state index in [-0.39, 0.29) is 18.0 Å². The molecule has 1 aliphatic heterocycles. The monoisotopic (exact) mass is 348 g/mol. The van der Waals surface area contributed by atoms with Crippen molar-refractivity contribution in [3.63, 3.8) is 0 Å². The molecule has 0 aromatic carbocycles. The van der Waals surface area contributed by atoms with Crippen LogP contribution in [0, 0.1) is 0 Å². The number of aromatic nitrogens is 1. The normalized spacial score (nSPS) is 14.9. The van der Waals surface area contributed by atoms with E-state index in [0.29, 0.717) is 38.3 Å². The predicted octanol–water partition coefficient (Wildman–Crippen LogP) is 2.60. The highest BCUT2D eigenvalue weighted by molar-refractivity contribution is 5.94. The molecule has 0 atom stereocenters. The first-order chi connectivity index (χ1) is 12.1. The molecular weight excluding hydrogens is 320 g/mol. The third-order valence-corrected chi connectivity index (χ3v) is 4.43. The van der Waals surface area contributed by atoms with Gasteiger partial charge in [-0.15, -0.1) is 0 Å². The highest BCUT2D eigenvalue weighted by atomic mass is 16.6. The number of hydrogen-bond donors (Lipinski definition) is 1. The Labute approximate surface area is 149 Å². The van der Waals surface area contributed by atoms with Gasteiger partial charge in [0.05, 0.1) is 17.9 Å². The van der Waals surface area contributed by atoms with Gasteiger partial charge >= 0.3 is 6.09 Å². The number of ether oxygens (including phenoxy) is 1. The van der Waals surface area contributed by atoms with E-state index in [2.05, 4.69) is 10.3 Å². The van der Waals surface area contributed by atoms with Gasteiger partial charge in [0.25, 0.3) is 5.91 Å². The molecule has 0 radical (unpaired) electrons. The summed E-state index contributed by atoms with van der Waals surface area (Å²) in [6.07, 6.45) is 4.78. The number of nitrogens with one attached hydrogen (secondary N) is 1. The van der Waals surface area contributed by atoms with Crippen LogP contribution in [0.5, 0.6) is 0 Å². The summed E-state index contributed by atoms with van der Waals surface area (Å²) >= 11 is 0. The Hall–Kier alpha value is -2.31. The maximum Gasteiger partial charge on any atom is 0.409 e. The average Bonchev–Trinajstić information content (AvgIpc) is 2.63. The fraction of sp³-hybridized carbons (Fsp3) is 0.611. The van der Waals surface area contributed by atoms with E-state index in [1.165, 1.54) is 0 Å². The van der Waals surface area contributed by atoms with Gasteiger partial charge in [0, 0.05) is 44.6 Å². The topological polar surface area (TPSA) is 74.8 Å². The number of carbonyl (C=O) groups is 2. The molecule has 2 heterocycles. The zero-order chi connectivity index (χ0) is 18.2. The van der Waals surface area contributed by atoms with Crippen molar-refractivity contribution in [2.24, 2.45) is 0 Å². The van der Waals surface area contributed by atoms with Crippen molar-refractivity contribution in [2.75, 3.05) is 38.1 Å². The molecule has 0 saturated carbocycles. The molecule has 1 aliphatic rings. The molecule has 0 bridgehead atoms. The van der Waals surface area contributed by atoms with Crippen LogP contribution in [0.3, 0.4) is 0 Å². The van der Waals surface area contributed by atoms with Gasteiger partial charge in [-0.25, -0.2) is 4.79 Å². The summed E-state index contributed by atoms with van der Waals surface area (Å²) in [5.74, 6) is -0.00159. The summed E-state index contributed by atoms with van der Waals surface area (Å²) in [6.45, 7) is 8.84. The van der Waals surface area contributed by atoms with E-state index in [0.717, 1.165) is 18.5 Å². The minimum absolute atomic E-state index is 0.00159. The quantitative estimate of drug-likeness (QED) is 0.855. The minimum atomic E-state index is -0.241. The van der Waals surface area contributed by atoms with Gasteiger partial charge in [0.1, 0.15) is 0 Å². The number of piperidine rings is 1.